The molecule has 0 spiro atoms. The van der Waals surface area contributed by atoms with Crippen LogP contribution in [0.25, 0.3) is 6.08 Å². The molecule has 0 aliphatic carbocycles. The molecule has 6 heteroatoms. The van der Waals surface area contributed by atoms with Crippen LogP contribution < -0.4 is 0 Å². The Morgan fingerprint density at radius 1 is 1.28 bits per heavy atom. The van der Waals surface area contributed by atoms with Crippen LogP contribution >= 0.6 is 24.0 Å². The van der Waals surface area contributed by atoms with E-state index in [0.717, 1.165) is 12.0 Å². The highest BCUT2D eigenvalue weighted by Crippen LogP contribution is 2.32. The minimum Gasteiger partial charge on any atom is -0.464 e. The highest BCUT2D eigenvalue weighted by Gasteiger charge is 2.33. The quantitative estimate of drug-likeness (QED) is 0.438. The monoisotopic (exact) mass is 377 g/mol. The molecule has 2 rings (SSSR count). The molecule has 25 heavy (non-hydrogen) atoms. The molecule has 0 radical (unpaired) electrons. The normalized spacial score (nSPS) is 16.6. The fraction of sp³-hybridized carbons (Fsp3) is 0.421. The molecule has 134 valence electrons. The van der Waals surface area contributed by atoms with Crippen molar-refractivity contribution < 1.29 is 14.3 Å². The number of esters is 1. The van der Waals surface area contributed by atoms with E-state index >= 15 is 0 Å². The van der Waals surface area contributed by atoms with Gasteiger partial charge in [0.25, 0.3) is 5.91 Å². The van der Waals surface area contributed by atoms with Crippen LogP contribution in [0.15, 0.2) is 29.2 Å². The molecule has 1 heterocycles. The lowest BCUT2D eigenvalue weighted by molar-refractivity contribution is -0.146. The molecule has 1 aliphatic rings. The molecule has 1 saturated heterocycles. The third-order valence-electron chi connectivity index (χ3n) is 3.70. The summed E-state index contributed by atoms with van der Waals surface area (Å²) in [7, 11) is 0. The largest absolute Gasteiger partial charge is 0.464 e. The van der Waals surface area contributed by atoms with Gasteiger partial charge in [-0.3, -0.25) is 14.5 Å². The third kappa shape index (κ3) is 5.16. The van der Waals surface area contributed by atoms with E-state index in [1.54, 1.807) is 0 Å². The van der Waals surface area contributed by atoms with E-state index in [9.17, 15) is 9.59 Å². The van der Waals surface area contributed by atoms with Crippen molar-refractivity contribution in [1.82, 2.24) is 4.90 Å². The van der Waals surface area contributed by atoms with Crippen molar-refractivity contribution in [3.63, 3.8) is 0 Å². The second-order valence-electron chi connectivity index (χ2n) is 6.86. The first kappa shape index (κ1) is 19.7. The molecule has 1 aliphatic heterocycles. The van der Waals surface area contributed by atoms with Crippen LogP contribution in [0.4, 0.5) is 0 Å². The molecule has 0 atom stereocenters. The van der Waals surface area contributed by atoms with Crippen LogP contribution in [-0.4, -0.2) is 34.2 Å². The molecule has 0 N–H and O–H groups in total. The average molecular weight is 378 g/mol. The Labute approximate surface area is 158 Å². The van der Waals surface area contributed by atoms with Crippen molar-refractivity contribution in [1.29, 1.82) is 0 Å². The van der Waals surface area contributed by atoms with Crippen molar-refractivity contribution >= 4 is 46.3 Å². The zero-order chi connectivity index (χ0) is 18.6. The van der Waals surface area contributed by atoms with Gasteiger partial charge in [-0.1, -0.05) is 75.9 Å². The summed E-state index contributed by atoms with van der Waals surface area (Å²) in [6.07, 6.45) is 2.55. The second kappa shape index (κ2) is 8.15. The molecule has 1 fully saturated rings. The number of carbonyl (C=O) groups is 2. The highest BCUT2D eigenvalue weighted by molar-refractivity contribution is 8.26. The maximum Gasteiger partial charge on any atom is 0.326 e. The fourth-order valence-electron chi connectivity index (χ4n) is 2.26. The minimum absolute atomic E-state index is 0.0841. The predicted molar refractivity (Wildman–Crippen MR) is 106 cm³/mol. The van der Waals surface area contributed by atoms with Crippen molar-refractivity contribution in [2.75, 3.05) is 13.2 Å². The highest BCUT2D eigenvalue weighted by atomic mass is 32.2. The second-order valence-corrected chi connectivity index (χ2v) is 8.54. The summed E-state index contributed by atoms with van der Waals surface area (Å²) in [6.45, 7) is 8.61. The van der Waals surface area contributed by atoms with E-state index in [1.165, 1.54) is 22.2 Å². The zero-order valence-electron chi connectivity index (χ0n) is 15.0. The van der Waals surface area contributed by atoms with Gasteiger partial charge in [-0.2, -0.15) is 0 Å². The summed E-state index contributed by atoms with van der Waals surface area (Å²) in [6, 6.07) is 8.11. The lowest BCUT2D eigenvalue weighted by Gasteiger charge is -2.18. The number of ether oxygens (including phenoxy) is 1. The molecule has 0 saturated carbocycles. The van der Waals surface area contributed by atoms with Crippen LogP contribution in [-0.2, 0) is 19.7 Å². The number of nitrogens with zero attached hydrogens (tertiary/aromatic N) is 1. The van der Waals surface area contributed by atoms with Gasteiger partial charge in [0.05, 0.1) is 11.5 Å². The van der Waals surface area contributed by atoms with E-state index in [4.69, 9.17) is 17.0 Å². The fourth-order valence-corrected chi connectivity index (χ4v) is 3.51. The Balaban J connectivity index is 2.10. The standard InChI is InChI=1S/C19H23NO3S2/c1-5-10-23-16(21)12-20-17(22)15(25-18(20)24)11-13-6-8-14(9-7-13)19(2,3)4/h6-9,11H,5,10,12H2,1-4H3. The first-order chi connectivity index (χ1) is 11.7. The van der Waals surface area contributed by atoms with Crippen LogP contribution in [0.5, 0.6) is 0 Å². The lowest BCUT2D eigenvalue weighted by Crippen LogP contribution is -2.34. The van der Waals surface area contributed by atoms with E-state index in [-0.39, 0.29) is 17.9 Å². The van der Waals surface area contributed by atoms with E-state index < -0.39 is 5.97 Å². The molecule has 4 nitrogen and oxygen atoms in total. The van der Waals surface area contributed by atoms with Gasteiger partial charge in [-0.05, 0) is 29.0 Å². The van der Waals surface area contributed by atoms with Gasteiger partial charge in [0, 0.05) is 0 Å². The minimum atomic E-state index is -0.436. The number of rotatable bonds is 5. The first-order valence-corrected chi connectivity index (χ1v) is 9.46. The number of thiocarbonyl (C=S) groups is 1. The third-order valence-corrected chi connectivity index (χ3v) is 5.08. The summed E-state index contributed by atoms with van der Waals surface area (Å²) in [5.41, 5.74) is 2.25. The summed E-state index contributed by atoms with van der Waals surface area (Å²) >= 11 is 6.44. The van der Waals surface area contributed by atoms with Gasteiger partial charge in [0.15, 0.2) is 0 Å². The van der Waals surface area contributed by atoms with E-state index in [1.807, 2.05) is 25.1 Å². The summed E-state index contributed by atoms with van der Waals surface area (Å²) in [4.78, 5) is 26.1. The molecular weight excluding hydrogens is 354 g/mol. The molecule has 1 aromatic carbocycles. The summed E-state index contributed by atoms with van der Waals surface area (Å²) in [5.74, 6) is -0.683. The van der Waals surface area contributed by atoms with Crippen LogP contribution in [0.3, 0.4) is 0 Å². The Bertz CT molecular complexity index is 702. The van der Waals surface area contributed by atoms with Gasteiger partial charge < -0.3 is 4.74 Å². The number of thioether (sulfide) groups is 1. The lowest BCUT2D eigenvalue weighted by atomic mass is 9.87. The number of benzene rings is 1. The predicted octanol–water partition coefficient (Wildman–Crippen LogP) is 4.14. The number of amides is 1. The molecule has 0 unspecified atom stereocenters. The van der Waals surface area contributed by atoms with E-state index in [0.29, 0.717) is 15.8 Å². The Morgan fingerprint density at radius 2 is 1.92 bits per heavy atom. The molecule has 1 aromatic rings. The molecular formula is C19H23NO3S2. The Kier molecular flexibility index (Phi) is 6.41. The Hall–Kier alpha value is -1.66. The molecule has 0 aromatic heterocycles. The maximum absolute atomic E-state index is 12.5. The van der Waals surface area contributed by atoms with Gasteiger partial charge in [-0.15, -0.1) is 0 Å². The smallest absolute Gasteiger partial charge is 0.326 e. The number of hydrogen-bond donors (Lipinski definition) is 0. The van der Waals surface area contributed by atoms with Crippen LogP contribution in [0.2, 0.25) is 0 Å². The van der Waals surface area contributed by atoms with Gasteiger partial charge in [0.2, 0.25) is 0 Å². The molecule has 1 amide bonds. The van der Waals surface area contributed by atoms with Crippen LogP contribution in [0.1, 0.15) is 45.2 Å². The first-order valence-electron chi connectivity index (χ1n) is 8.24. The SMILES string of the molecule is CCCOC(=O)CN1C(=O)C(=Cc2ccc(C(C)(C)C)cc2)SC1=S. The number of carbonyl (C=O) groups excluding carboxylic acids is 2. The van der Waals surface area contributed by atoms with Gasteiger partial charge in [0.1, 0.15) is 10.9 Å². The topological polar surface area (TPSA) is 46.6 Å². The van der Waals surface area contributed by atoms with Gasteiger partial charge in [-0.25, -0.2) is 0 Å². The average Bonchev–Trinajstić information content (AvgIpc) is 2.80. The van der Waals surface area contributed by atoms with E-state index in [2.05, 4.69) is 32.9 Å². The van der Waals surface area contributed by atoms with Gasteiger partial charge >= 0.3 is 5.97 Å². The van der Waals surface area contributed by atoms with Crippen molar-refractivity contribution in [3.8, 4) is 0 Å². The Morgan fingerprint density at radius 3 is 2.48 bits per heavy atom. The van der Waals surface area contributed by atoms with Crippen molar-refractivity contribution in [3.05, 3.63) is 40.3 Å². The van der Waals surface area contributed by atoms with Crippen molar-refractivity contribution in [2.24, 2.45) is 0 Å². The maximum atomic E-state index is 12.5. The van der Waals surface area contributed by atoms with Crippen LogP contribution in [0, 0.1) is 0 Å². The molecule has 0 bridgehead atoms. The summed E-state index contributed by atoms with van der Waals surface area (Å²) < 4.78 is 5.41. The zero-order valence-corrected chi connectivity index (χ0v) is 16.6. The summed E-state index contributed by atoms with van der Waals surface area (Å²) in [5, 5.41) is 0. The number of hydrogen-bond acceptors (Lipinski definition) is 5. The van der Waals surface area contributed by atoms with Crippen molar-refractivity contribution in [2.45, 2.75) is 39.5 Å².